The molecule has 0 bridgehead atoms. The van der Waals surface area contributed by atoms with Crippen molar-refractivity contribution in [2.75, 3.05) is 13.1 Å². The van der Waals surface area contributed by atoms with Crippen LogP contribution in [0.3, 0.4) is 0 Å². The highest BCUT2D eigenvalue weighted by molar-refractivity contribution is 5.76. The van der Waals surface area contributed by atoms with Crippen molar-refractivity contribution in [3.8, 4) is 5.75 Å². The number of carbonyl (C=O) groups excluding carboxylic acids is 1. The molecule has 0 aromatic heterocycles. The monoisotopic (exact) mass is 275 g/mol. The van der Waals surface area contributed by atoms with Gasteiger partial charge < -0.3 is 9.64 Å². The van der Waals surface area contributed by atoms with Crippen molar-refractivity contribution in [3.63, 3.8) is 0 Å². The summed E-state index contributed by atoms with van der Waals surface area (Å²) < 4.78 is 6.16. The highest BCUT2D eigenvalue weighted by Gasteiger charge is 2.28. The largest absolute Gasteiger partial charge is 0.488 e. The standard InChI is InChI=1S/C17H25NO2/c1-5-16(19)18-11-10-13(12-18)20-15-9-7-6-8-14(15)17(2,3)4/h6-9,13H,5,10-12H2,1-4H3. The zero-order valence-corrected chi connectivity index (χ0v) is 13.0. The molecule has 0 aliphatic carbocycles. The number of hydrogen-bond donors (Lipinski definition) is 0. The average Bonchev–Trinajstić information content (AvgIpc) is 2.86. The fourth-order valence-corrected chi connectivity index (χ4v) is 2.64. The number of likely N-dealkylation sites (tertiary alicyclic amines) is 1. The molecule has 1 aliphatic rings. The number of carbonyl (C=O) groups is 1. The van der Waals surface area contributed by atoms with Gasteiger partial charge in [0.2, 0.25) is 5.91 Å². The van der Waals surface area contributed by atoms with E-state index in [1.807, 2.05) is 24.0 Å². The summed E-state index contributed by atoms with van der Waals surface area (Å²) in [6, 6.07) is 8.22. The van der Waals surface area contributed by atoms with Crippen LogP contribution < -0.4 is 4.74 Å². The molecule has 1 saturated heterocycles. The smallest absolute Gasteiger partial charge is 0.222 e. The second kappa shape index (κ2) is 5.86. The van der Waals surface area contributed by atoms with Crippen molar-refractivity contribution in [1.82, 2.24) is 4.90 Å². The maximum Gasteiger partial charge on any atom is 0.222 e. The van der Waals surface area contributed by atoms with E-state index in [4.69, 9.17) is 4.74 Å². The van der Waals surface area contributed by atoms with Crippen LogP contribution in [0.25, 0.3) is 0 Å². The molecule has 2 rings (SSSR count). The minimum Gasteiger partial charge on any atom is -0.488 e. The predicted octanol–water partition coefficient (Wildman–Crippen LogP) is 3.37. The lowest BCUT2D eigenvalue weighted by atomic mass is 9.86. The van der Waals surface area contributed by atoms with Crippen molar-refractivity contribution in [3.05, 3.63) is 29.8 Å². The molecule has 110 valence electrons. The quantitative estimate of drug-likeness (QED) is 0.846. The van der Waals surface area contributed by atoms with Gasteiger partial charge in [0.15, 0.2) is 0 Å². The van der Waals surface area contributed by atoms with Crippen LogP contribution in [-0.4, -0.2) is 30.0 Å². The molecule has 1 aromatic rings. The Morgan fingerprint density at radius 2 is 2.05 bits per heavy atom. The minimum absolute atomic E-state index is 0.0636. The lowest BCUT2D eigenvalue weighted by molar-refractivity contribution is -0.130. The summed E-state index contributed by atoms with van der Waals surface area (Å²) in [7, 11) is 0. The molecule has 3 heteroatoms. The summed E-state index contributed by atoms with van der Waals surface area (Å²) in [5, 5.41) is 0. The Labute approximate surface area is 121 Å². The topological polar surface area (TPSA) is 29.5 Å². The highest BCUT2D eigenvalue weighted by Crippen LogP contribution is 2.32. The zero-order chi connectivity index (χ0) is 14.8. The summed E-state index contributed by atoms with van der Waals surface area (Å²) in [5.41, 5.74) is 1.29. The van der Waals surface area contributed by atoms with Crippen molar-refractivity contribution in [2.24, 2.45) is 0 Å². The van der Waals surface area contributed by atoms with Gasteiger partial charge in [-0.05, 0) is 17.0 Å². The molecular weight excluding hydrogens is 250 g/mol. The summed E-state index contributed by atoms with van der Waals surface area (Å²) in [6.45, 7) is 10.0. The number of benzene rings is 1. The van der Waals surface area contributed by atoms with E-state index in [1.54, 1.807) is 0 Å². The first-order valence-corrected chi connectivity index (χ1v) is 7.45. The molecule has 1 aromatic carbocycles. The minimum atomic E-state index is 0.0636. The van der Waals surface area contributed by atoms with E-state index in [-0.39, 0.29) is 17.4 Å². The Bertz CT molecular complexity index is 476. The Kier molecular flexibility index (Phi) is 4.36. The molecule has 1 unspecified atom stereocenters. The van der Waals surface area contributed by atoms with E-state index in [1.165, 1.54) is 5.56 Å². The average molecular weight is 275 g/mol. The van der Waals surface area contributed by atoms with Crippen LogP contribution in [0.1, 0.15) is 46.1 Å². The first kappa shape index (κ1) is 14.9. The molecule has 1 fully saturated rings. The van der Waals surface area contributed by atoms with Gasteiger partial charge in [0, 0.05) is 19.4 Å². The third kappa shape index (κ3) is 3.33. The fraction of sp³-hybridized carbons (Fsp3) is 0.588. The van der Waals surface area contributed by atoms with E-state index in [0.717, 1.165) is 18.7 Å². The summed E-state index contributed by atoms with van der Waals surface area (Å²) >= 11 is 0. The normalized spacial score (nSPS) is 19.2. The first-order valence-electron chi connectivity index (χ1n) is 7.45. The molecule has 3 nitrogen and oxygen atoms in total. The van der Waals surface area contributed by atoms with Gasteiger partial charge in [0.05, 0.1) is 6.54 Å². The van der Waals surface area contributed by atoms with Crippen molar-refractivity contribution < 1.29 is 9.53 Å². The number of ether oxygens (including phenoxy) is 1. The maximum absolute atomic E-state index is 11.7. The van der Waals surface area contributed by atoms with Gasteiger partial charge in [-0.15, -0.1) is 0 Å². The number of hydrogen-bond acceptors (Lipinski definition) is 2. The zero-order valence-electron chi connectivity index (χ0n) is 13.0. The Morgan fingerprint density at radius 1 is 1.35 bits per heavy atom. The van der Waals surface area contributed by atoms with Crippen molar-refractivity contribution in [2.45, 2.75) is 52.1 Å². The van der Waals surface area contributed by atoms with Gasteiger partial charge in [0.1, 0.15) is 11.9 Å². The van der Waals surface area contributed by atoms with Crippen LogP contribution in [0, 0.1) is 0 Å². The van der Waals surface area contributed by atoms with E-state index < -0.39 is 0 Å². The third-order valence-corrected chi connectivity index (χ3v) is 3.79. The molecule has 1 aliphatic heterocycles. The number of rotatable bonds is 3. The first-order chi connectivity index (χ1) is 9.41. The Balaban J connectivity index is 2.07. The molecule has 1 heterocycles. The molecule has 0 N–H and O–H groups in total. The molecule has 1 atom stereocenters. The Morgan fingerprint density at radius 3 is 2.70 bits per heavy atom. The van der Waals surface area contributed by atoms with Gasteiger partial charge in [-0.3, -0.25) is 4.79 Å². The second-order valence-corrected chi connectivity index (χ2v) is 6.47. The van der Waals surface area contributed by atoms with Crippen LogP contribution in [0.2, 0.25) is 0 Å². The Hall–Kier alpha value is -1.51. The van der Waals surface area contributed by atoms with Crippen LogP contribution in [0.15, 0.2) is 24.3 Å². The van der Waals surface area contributed by atoms with E-state index in [2.05, 4.69) is 32.9 Å². The lowest BCUT2D eigenvalue weighted by Crippen LogP contribution is -2.30. The van der Waals surface area contributed by atoms with Gasteiger partial charge in [0.25, 0.3) is 0 Å². The van der Waals surface area contributed by atoms with Crippen LogP contribution in [0.4, 0.5) is 0 Å². The van der Waals surface area contributed by atoms with E-state index in [9.17, 15) is 4.79 Å². The van der Waals surface area contributed by atoms with Gasteiger partial charge in [-0.2, -0.15) is 0 Å². The highest BCUT2D eigenvalue weighted by atomic mass is 16.5. The summed E-state index contributed by atoms with van der Waals surface area (Å²) in [4.78, 5) is 13.6. The maximum atomic E-state index is 11.7. The van der Waals surface area contributed by atoms with E-state index in [0.29, 0.717) is 13.0 Å². The SMILES string of the molecule is CCC(=O)N1CCC(Oc2ccccc2C(C)(C)C)C1. The number of amides is 1. The molecule has 0 spiro atoms. The molecule has 20 heavy (non-hydrogen) atoms. The summed E-state index contributed by atoms with van der Waals surface area (Å²) in [5.74, 6) is 1.18. The van der Waals surface area contributed by atoms with Crippen LogP contribution in [0.5, 0.6) is 5.75 Å². The van der Waals surface area contributed by atoms with Crippen LogP contribution >= 0.6 is 0 Å². The molecule has 0 saturated carbocycles. The summed E-state index contributed by atoms with van der Waals surface area (Å²) in [6.07, 6.45) is 1.61. The van der Waals surface area contributed by atoms with E-state index >= 15 is 0 Å². The number of para-hydroxylation sites is 1. The number of nitrogens with zero attached hydrogens (tertiary/aromatic N) is 1. The molecule has 0 radical (unpaired) electrons. The molecular formula is C17H25NO2. The third-order valence-electron chi connectivity index (χ3n) is 3.79. The van der Waals surface area contributed by atoms with Crippen molar-refractivity contribution >= 4 is 5.91 Å². The predicted molar refractivity (Wildman–Crippen MR) is 81.0 cm³/mol. The van der Waals surface area contributed by atoms with Gasteiger partial charge in [-0.25, -0.2) is 0 Å². The van der Waals surface area contributed by atoms with Gasteiger partial charge >= 0.3 is 0 Å². The molecule has 1 amide bonds. The van der Waals surface area contributed by atoms with Crippen molar-refractivity contribution in [1.29, 1.82) is 0 Å². The fourth-order valence-electron chi connectivity index (χ4n) is 2.64. The van der Waals surface area contributed by atoms with Crippen LogP contribution in [-0.2, 0) is 10.2 Å². The second-order valence-electron chi connectivity index (χ2n) is 6.47. The van der Waals surface area contributed by atoms with Gasteiger partial charge in [-0.1, -0.05) is 45.9 Å². The lowest BCUT2D eigenvalue weighted by Gasteiger charge is -2.24.